The zero-order valence-electron chi connectivity index (χ0n) is 18.2. The van der Waals surface area contributed by atoms with Crippen LogP contribution in [0.4, 0.5) is 0 Å². The third-order valence-electron chi connectivity index (χ3n) is 6.23. The second-order valence-corrected chi connectivity index (χ2v) is 8.45. The molecule has 0 radical (unpaired) electrons. The number of aromatic carboxylic acids is 1. The molecule has 4 nitrogen and oxygen atoms in total. The van der Waals surface area contributed by atoms with Gasteiger partial charge < -0.3 is 9.52 Å². The van der Waals surface area contributed by atoms with E-state index in [2.05, 4.69) is 24.3 Å². The van der Waals surface area contributed by atoms with Crippen molar-refractivity contribution in [2.24, 2.45) is 5.92 Å². The first-order valence-corrected chi connectivity index (χ1v) is 11.3. The van der Waals surface area contributed by atoms with Gasteiger partial charge in [-0.25, -0.2) is 9.78 Å². The number of aromatic nitrogens is 1. The predicted octanol–water partition coefficient (Wildman–Crippen LogP) is 7.00. The maximum atomic E-state index is 11.4. The summed E-state index contributed by atoms with van der Waals surface area (Å²) in [6.07, 6.45) is 7.10. The second-order valence-electron chi connectivity index (χ2n) is 8.45. The molecule has 164 valence electrons. The minimum atomic E-state index is -0.903. The van der Waals surface area contributed by atoms with Gasteiger partial charge in [0.1, 0.15) is 5.69 Å². The van der Waals surface area contributed by atoms with Crippen molar-refractivity contribution >= 4 is 5.97 Å². The van der Waals surface area contributed by atoms with Gasteiger partial charge in [-0.1, -0.05) is 84.9 Å². The van der Waals surface area contributed by atoms with Crippen LogP contribution >= 0.6 is 0 Å². The Morgan fingerprint density at radius 3 is 2.39 bits per heavy atom. The van der Waals surface area contributed by atoms with E-state index >= 15 is 0 Å². The van der Waals surface area contributed by atoms with Crippen molar-refractivity contribution in [2.75, 3.05) is 0 Å². The summed E-state index contributed by atoms with van der Waals surface area (Å²) in [7, 11) is 0. The number of hydrogen-bond donors (Lipinski definition) is 1. The van der Waals surface area contributed by atoms with Gasteiger partial charge in [0.25, 0.3) is 0 Å². The molecule has 5 rings (SSSR count). The molecule has 1 heterocycles. The normalized spacial score (nSPS) is 17.7. The molecule has 2 unspecified atom stereocenters. The molecule has 0 bridgehead atoms. The quantitative estimate of drug-likeness (QED) is 0.331. The van der Waals surface area contributed by atoms with Crippen LogP contribution in [-0.4, -0.2) is 16.1 Å². The predicted molar refractivity (Wildman–Crippen MR) is 129 cm³/mol. The number of carbonyl (C=O) groups is 1. The largest absolute Gasteiger partial charge is 0.478 e. The van der Waals surface area contributed by atoms with Crippen molar-refractivity contribution in [1.29, 1.82) is 0 Å². The fraction of sp³-hybridized carbons (Fsp3) is 0.172. The van der Waals surface area contributed by atoms with E-state index in [4.69, 9.17) is 9.40 Å². The molecule has 4 heteroatoms. The summed E-state index contributed by atoms with van der Waals surface area (Å²) in [6, 6.07) is 27.5. The van der Waals surface area contributed by atoms with E-state index in [-0.39, 0.29) is 11.8 Å². The lowest BCUT2D eigenvalue weighted by molar-refractivity contribution is 0.0696. The molecule has 4 aromatic rings. The third kappa shape index (κ3) is 4.51. The number of benzene rings is 3. The number of nitrogens with zero attached hydrogens (tertiary/aromatic N) is 1. The Bertz CT molecular complexity index is 1220. The summed E-state index contributed by atoms with van der Waals surface area (Å²) < 4.78 is 6.49. The maximum absolute atomic E-state index is 11.4. The molecule has 0 amide bonds. The number of rotatable bonds is 6. The molecule has 1 aromatic heterocycles. The fourth-order valence-corrected chi connectivity index (χ4v) is 4.59. The maximum Gasteiger partial charge on any atom is 0.335 e. The lowest BCUT2D eigenvalue weighted by Crippen LogP contribution is -2.17. The van der Waals surface area contributed by atoms with Crippen LogP contribution in [0.3, 0.4) is 0 Å². The molecule has 1 N–H and O–H groups in total. The summed E-state index contributed by atoms with van der Waals surface area (Å²) >= 11 is 0. The Balaban J connectivity index is 1.52. The molecule has 0 spiro atoms. The van der Waals surface area contributed by atoms with Gasteiger partial charge in [-0.3, -0.25) is 0 Å². The Hall–Kier alpha value is -3.92. The van der Waals surface area contributed by atoms with E-state index in [9.17, 15) is 9.90 Å². The van der Waals surface area contributed by atoms with Gasteiger partial charge in [0.15, 0.2) is 11.7 Å². The molecule has 2 atom stereocenters. The summed E-state index contributed by atoms with van der Waals surface area (Å²) in [5, 5.41) is 9.36. The van der Waals surface area contributed by atoms with Crippen molar-refractivity contribution in [1.82, 2.24) is 4.98 Å². The molecule has 1 aliphatic carbocycles. The van der Waals surface area contributed by atoms with Crippen LogP contribution in [0.15, 0.2) is 101 Å². The zero-order valence-corrected chi connectivity index (χ0v) is 18.2. The summed E-state index contributed by atoms with van der Waals surface area (Å²) in [5.41, 5.74) is 4.22. The van der Waals surface area contributed by atoms with E-state index in [0.717, 1.165) is 53.3 Å². The third-order valence-corrected chi connectivity index (χ3v) is 6.23. The zero-order chi connectivity index (χ0) is 22.6. The number of hydrogen-bond acceptors (Lipinski definition) is 3. The highest BCUT2D eigenvalue weighted by Crippen LogP contribution is 2.41. The van der Waals surface area contributed by atoms with Crippen LogP contribution < -0.4 is 0 Å². The van der Waals surface area contributed by atoms with Gasteiger partial charge in [0.05, 0.1) is 5.56 Å². The SMILES string of the molecule is O=C(O)c1cccc(CC2C=CCCC2c2nc(-c3ccccc3)c(-c3ccccc3)o2)c1. The van der Waals surface area contributed by atoms with Crippen molar-refractivity contribution in [3.63, 3.8) is 0 Å². The summed E-state index contributed by atoms with van der Waals surface area (Å²) in [6.45, 7) is 0. The van der Waals surface area contributed by atoms with Crippen LogP contribution in [0.5, 0.6) is 0 Å². The van der Waals surface area contributed by atoms with E-state index in [1.54, 1.807) is 12.1 Å². The van der Waals surface area contributed by atoms with Crippen LogP contribution in [0.1, 0.15) is 40.6 Å². The topological polar surface area (TPSA) is 63.3 Å². The monoisotopic (exact) mass is 435 g/mol. The van der Waals surface area contributed by atoms with Crippen molar-refractivity contribution in [3.8, 4) is 22.6 Å². The highest BCUT2D eigenvalue weighted by molar-refractivity contribution is 5.87. The molecule has 3 aromatic carbocycles. The highest BCUT2D eigenvalue weighted by Gasteiger charge is 2.30. The molecule has 33 heavy (non-hydrogen) atoms. The molecule has 0 saturated carbocycles. The minimum Gasteiger partial charge on any atom is -0.478 e. The summed E-state index contributed by atoms with van der Waals surface area (Å²) in [4.78, 5) is 16.4. The smallest absolute Gasteiger partial charge is 0.335 e. The number of carboxylic acid groups (broad SMARTS) is 1. The Morgan fingerprint density at radius 1 is 0.939 bits per heavy atom. The van der Waals surface area contributed by atoms with E-state index in [1.165, 1.54) is 0 Å². The highest BCUT2D eigenvalue weighted by atomic mass is 16.4. The Morgan fingerprint density at radius 2 is 1.67 bits per heavy atom. The van der Waals surface area contributed by atoms with Crippen LogP contribution in [0.25, 0.3) is 22.6 Å². The number of carboxylic acids is 1. The molecular formula is C29H25NO3. The van der Waals surface area contributed by atoms with Gasteiger partial charge >= 0.3 is 5.97 Å². The van der Waals surface area contributed by atoms with Crippen LogP contribution in [-0.2, 0) is 6.42 Å². The fourth-order valence-electron chi connectivity index (χ4n) is 4.59. The first-order valence-electron chi connectivity index (χ1n) is 11.3. The van der Waals surface area contributed by atoms with Crippen molar-refractivity contribution < 1.29 is 14.3 Å². The van der Waals surface area contributed by atoms with Crippen molar-refractivity contribution in [2.45, 2.75) is 25.2 Å². The van der Waals surface area contributed by atoms with Gasteiger partial charge in [0, 0.05) is 17.0 Å². The van der Waals surface area contributed by atoms with Gasteiger partial charge in [-0.15, -0.1) is 0 Å². The molecule has 0 saturated heterocycles. The molecule has 0 fully saturated rings. The average Bonchev–Trinajstić information content (AvgIpc) is 3.31. The first-order chi connectivity index (χ1) is 16.2. The van der Waals surface area contributed by atoms with Gasteiger partial charge in [0.2, 0.25) is 0 Å². The van der Waals surface area contributed by atoms with Gasteiger partial charge in [-0.05, 0) is 42.9 Å². The van der Waals surface area contributed by atoms with Crippen LogP contribution in [0, 0.1) is 5.92 Å². The Kier molecular flexibility index (Phi) is 5.90. The van der Waals surface area contributed by atoms with Crippen molar-refractivity contribution in [3.05, 3.63) is 114 Å². The lowest BCUT2D eigenvalue weighted by Gasteiger charge is -2.25. The molecule has 1 aliphatic rings. The average molecular weight is 436 g/mol. The van der Waals surface area contributed by atoms with E-state index in [0.29, 0.717) is 5.56 Å². The standard InChI is InChI=1S/C29H25NO3/c31-29(32)24-16-9-10-20(19-24)18-23-15-7-8-17-25(23)28-30-26(21-11-3-1-4-12-21)27(33-28)22-13-5-2-6-14-22/h1-7,9-16,19,23,25H,8,17-18H2,(H,31,32). The minimum absolute atomic E-state index is 0.128. The lowest BCUT2D eigenvalue weighted by atomic mass is 9.80. The van der Waals surface area contributed by atoms with Crippen LogP contribution in [0.2, 0.25) is 0 Å². The van der Waals surface area contributed by atoms with Gasteiger partial charge in [-0.2, -0.15) is 0 Å². The number of oxazole rings is 1. The molecule has 0 aliphatic heterocycles. The van der Waals surface area contributed by atoms with E-state index < -0.39 is 5.97 Å². The van der Waals surface area contributed by atoms with E-state index in [1.807, 2.05) is 60.7 Å². The Labute approximate surface area is 193 Å². The number of allylic oxidation sites excluding steroid dienone is 2. The summed E-state index contributed by atoms with van der Waals surface area (Å²) in [5.74, 6) is 0.951. The first kappa shape index (κ1) is 21.0. The molecular weight excluding hydrogens is 410 g/mol. The second kappa shape index (κ2) is 9.29.